The van der Waals surface area contributed by atoms with E-state index in [0.717, 1.165) is 23.0 Å². The Hall–Kier alpha value is -3.14. The molecule has 0 saturated heterocycles. The van der Waals surface area contributed by atoms with Crippen LogP contribution in [0.1, 0.15) is 323 Å². The van der Waals surface area contributed by atoms with Gasteiger partial charge in [0.1, 0.15) is 23.0 Å². The SMILES string of the molecule is CCOP(Oc1c(C(C)(C)C)cc(C(C)(C)C)cc1C(C)(C)C)Oc1c(C(C)(C)C)cc(C(C)(C)C)cc1C(C)(C)C.COP(Oc1c(C(C)(C)C)cc(C(C)(C)C)cc1C(C)(C)C)Oc1c(C(C)(C)C)cc(C(C)(C)C)cc1C(C)(C)C. The lowest BCUT2D eigenvalue weighted by atomic mass is 9.75. The van der Waals surface area contributed by atoms with Crippen LogP contribution in [0.5, 0.6) is 23.0 Å². The summed E-state index contributed by atoms with van der Waals surface area (Å²) in [5, 5.41) is 0. The molecule has 0 saturated carbocycles. The average molecular weight is 1180 g/mol. The highest BCUT2D eigenvalue weighted by Gasteiger charge is 2.39. The minimum atomic E-state index is -1.74. The largest absolute Gasteiger partial charge is 0.463 e. The molecule has 0 aliphatic rings. The fourth-order valence-electron chi connectivity index (χ4n) is 9.67. The van der Waals surface area contributed by atoms with Gasteiger partial charge in [-0.05, 0) is 94.2 Å². The van der Waals surface area contributed by atoms with E-state index in [4.69, 9.17) is 27.1 Å². The van der Waals surface area contributed by atoms with Crippen LogP contribution >= 0.6 is 17.2 Å². The first-order valence-corrected chi connectivity index (χ1v) is 33.1. The predicted octanol–water partition coefficient (Wildman–Crippen LogP) is 24.0. The van der Waals surface area contributed by atoms with Crippen molar-refractivity contribution < 1.29 is 27.1 Å². The summed E-state index contributed by atoms with van der Waals surface area (Å²) in [5.41, 5.74) is 13.7. The maximum atomic E-state index is 7.00. The van der Waals surface area contributed by atoms with Gasteiger partial charge in [-0.15, -0.1) is 0 Å². The average Bonchev–Trinajstić information content (AvgIpc) is 3.33. The van der Waals surface area contributed by atoms with Gasteiger partial charge in [0.05, 0.1) is 6.61 Å². The van der Waals surface area contributed by atoms with Gasteiger partial charge < -0.3 is 18.1 Å². The zero-order chi connectivity index (χ0) is 65.0. The third-order valence-electron chi connectivity index (χ3n) is 15.3. The van der Waals surface area contributed by atoms with Crippen LogP contribution in [-0.4, -0.2) is 13.7 Å². The topological polar surface area (TPSA) is 55.4 Å². The Labute approximate surface area is 514 Å². The van der Waals surface area contributed by atoms with E-state index in [1.807, 2.05) is 6.92 Å². The lowest BCUT2D eigenvalue weighted by Gasteiger charge is -2.35. The van der Waals surface area contributed by atoms with E-state index >= 15 is 0 Å². The Bertz CT molecular complexity index is 2500. The normalized spacial score (nSPS) is 14.0. The van der Waals surface area contributed by atoms with Crippen molar-refractivity contribution in [2.45, 2.75) is 321 Å². The van der Waals surface area contributed by atoms with Crippen LogP contribution in [0.4, 0.5) is 0 Å². The smallest absolute Gasteiger partial charge is 0.417 e. The van der Waals surface area contributed by atoms with E-state index in [0.29, 0.717) is 6.61 Å². The molecule has 0 aromatic heterocycles. The van der Waals surface area contributed by atoms with Crippen molar-refractivity contribution >= 4 is 17.2 Å². The number of rotatable bonds is 11. The van der Waals surface area contributed by atoms with Crippen molar-refractivity contribution in [1.82, 2.24) is 0 Å². The molecule has 0 aliphatic heterocycles. The zero-order valence-corrected chi connectivity index (χ0v) is 62.5. The maximum absolute atomic E-state index is 7.00. The van der Waals surface area contributed by atoms with Gasteiger partial charge in [0.2, 0.25) is 0 Å². The Morgan fingerprint density at radius 3 is 0.494 bits per heavy atom. The molecule has 4 aromatic carbocycles. The molecule has 0 bridgehead atoms. The van der Waals surface area contributed by atoms with Crippen molar-refractivity contribution in [1.29, 1.82) is 0 Å². The third-order valence-corrected chi connectivity index (χ3v) is 17.4. The van der Waals surface area contributed by atoms with E-state index in [-0.39, 0.29) is 65.0 Å². The molecule has 0 atom stereocenters. The molecule has 8 heteroatoms. The van der Waals surface area contributed by atoms with E-state index in [9.17, 15) is 0 Å². The zero-order valence-electron chi connectivity index (χ0n) is 60.7. The Kier molecular flexibility index (Phi) is 22.5. The van der Waals surface area contributed by atoms with E-state index in [1.54, 1.807) is 7.11 Å². The standard InChI is InChI=1S/C38H63O3P.C37H61O3P/c1-20-39-42(40-31-27(35(8,9)10)21-25(33(2,3)4)22-28(31)36(11,12)13)41-32-29(37(14,15)16)23-26(34(5,6)7)24-30(32)38(17,18)19;1-32(2,3)24-20-26(34(7,8)9)30(27(21-24)35(10,11)12)39-41(38-19)40-31-28(36(13,14)15)22-25(33(4,5)6)23-29(31)37(16,17)18/h21-24H,20H2,1-19H3;20-23H,1-19H3. The predicted molar refractivity (Wildman–Crippen MR) is 365 cm³/mol. The van der Waals surface area contributed by atoms with Gasteiger partial charge in [0.25, 0.3) is 0 Å². The summed E-state index contributed by atoms with van der Waals surface area (Å²) in [4.78, 5) is 0. The van der Waals surface area contributed by atoms with Crippen LogP contribution in [-0.2, 0) is 74.0 Å². The second-order valence-corrected chi connectivity index (χ2v) is 38.3. The molecule has 470 valence electrons. The second-order valence-electron chi connectivity index (χ2n) is 36.0. The van der Waals surface area contributed by atoms with Crippen molar-refractivity contribution in [3.8, 4) is 23.0 Å². The molecule has 83 heavy (non-hydrogen) atoms. The molecule has 0 amide bonds. The van der Waals surface area contributed by atoms with Crippen LogP contribution in [0.3, 0.4) is 0 Å². The highest BCUT2D eigenvalue weighted by Crippen LogP contribution is 2.56. The second kappa shape index (κ2) is 25.2. The number of hydrogen-bond acceptors (Lipinski definition) is 6. The first kappa shape index (κ1) is 74.1. The molecule has 0 heterocycles. The van der Waals surface area contributed by atoms with E-state index < -0.39 is 17.2 Å². The van der Waals surface area contributed by atoms with Gasteiger partial charge in [-0.1, -0.05) is 298 Å². The first-order chi connectivity index (χ1) is 36.7. The van der Waals surface area contributed by atoms with Crippen LogP contribution < -0.4 is 18.1 Å². The molecule has 6 nitrogen and oxygen atoms in total. The summed E-state index contributed by atoms with van der Waals surface area (Å²) in [6.45, 7) is 84.0. The maximum Gasteiger partial charge on any atom is 0.463 e. The summed E-state index contributed by atoms with van der Waals surface area (Å²) in [5.74, 6) is 3.55. The molecular formula is C75H124O6P2. The van der Waals surface area contributed by atoms with E-state index in [2.05, 4.69) is 298 Å². The Morgan fingerprint density at radius 2 is 0.386 bits per heavy atom. The minimum absolute atomic E-state index is 0.0116. The van der Waals surface area contributed by atoms with Crippen molar-refractivity contribution in [2.24, 2.45) is 0 Å². The molecule has 0 unspecified atom stereocenters. The monoisotopic (exact) mass is 1180 g/mol. The fraction of sp³-hybridized carbons (Fsp3) is 0.680. The molecule has 0 fully saturated rings. The van der Waals surface area contributed by atoms with Crippen molar-refractivity contribution in [3.63, 3.8) is 0 Å². The Morgan fingerprint density at radius 1 is 0.241 bits per heavy atom. The third kappa shape index (κ3) is 19.7. The van der Waals surface area contributed by atoms with Crippen LogP contribution in [0.2, 0.25) is 0 Å². The van der Waals surface area contributed by atoms with Gasteiger partial charge in [-0.25, -0.2) is 0 Å². The van der Waals surface area contributed by atoms with Gasteiger partial charge in [0.15, 0.2) is 0 Å². The summed E-state index contributed by atoms with van der Waals surface area (Å²) >= 11 is 0. The number of hydrogen-bond donors (Lipinski definition) is 0. The van der Waals surface area contributed by atoms with Crippen molar-refractivity contribution in [3.05, 3.63) is 115 Å². The highest BCUT2D eigenvalue weighted by atomic mass is 31.2. The molecular weight excluding hydrogens is 1060 g/mol. The number of benzene rings is 4. The molecule has 4 aromatic rings. The van der Waals surface area contributed by atoms with Gasteiger partial charge in [0, 0.05) is 51.6 Å². The minimum Gasteiger partial charge on any atom is -0.417 e. The van der Waals surface area contributed by atoms with Crippen LogP contribution in [0.25, 0.3) is 0 Å². The van der Waals surface area contributed by atoms with Gasteiger partial charge in [-0.2, -0.15) is 0 Å². The molecule has 0 radical (unpaired) electrons. The Balaban J connectivity index is 0.000000435. The lowest BCUT2D eigenvalue weighted by molar-refractivity contribution is 0.273. The summed E-state index contributed by atoms with van der Waals surface area (Å²) in [7, 11) is -1.79. The quantitative estimate of drug-likeness (QED) is 0.140. The van der Waals surface area contributed by atoms with Gasteiger partial charge >= 0.3 is 17.2 Å². The molecule has 4 rings (SSSR count). The molecule has 0 aliphatic carbocycles. The van der Waals surface area contributed by atoms with Crippen molar-refractivity contribution in [2.75, 3.05) is 13.7 Å². The summed E-state index contributed by atoms with van der Waals surface area (Å²) in [6, 6.07) is 18.7. The van der Waals surface area contributed by atoms with Crippen LogP contribution in [0, 0.1) is 0 Å². The lowest BCUT2D eigenvalue weighted by Crippen LogP contribution is -2.24. The van der Waals surface area contributed by atoms with Crippen LogP contribution in [0.15, 0.2) is 48.5 Å². The molecule has 0 N–H and O–H groups in total. The van der Waals surface area contributed by atoms with E-state index in [1.165, 1.54) is 66.8 Å². The highest BCUT2D eigenvalue weighted by molar-refractivity contribution is 7.42. The fourth-order valence-corrected chi connectivity index (χ4v) is 11.6. The summed E-state index contributed by atoms with van der Waals surface area (Å²) in [6.07, 6.45) is 0. The molecule has 0 spiro atoms. The summed E-state index contributed by atoms with van der Waals surface area (Å²) < 4.78 is 40.2. The first-order valence-electron chi connectivity index (χ1n) is 30.9. The van der Waals surface area contributed by atoms with Gasteiger partial charge in [-0.3, -0.25) is 9.05 Å².